The third kappa shape index (κ3) is 6.49. The van der Waals surface area contributed by atoms with Gasteiger partial charge in [-0.1, -0.05) is 23.5 Å². The van der Waals surface area contributed by atoms with Gasteiger partial charge in [-0.3, -0.25) is 0 Å². The Hall–Kier alpha value is 0.791. The second kappa shape index (κ2) is 6.29. The molecule has 1 aromatic carbocycles. The first kappa shape index (κ1) is 17.8. The van der Waals surface area contributed by atoms with Crippen LogP contribution < -0.4 is 51.4 Å². The number of hydrogen-bond acceptors (Lipinski definition) is 0. The average molecular weight is 300 g/mol. The van der Waals surface area contributed by atoms with Gasteiger partial charge in [0.15, 0.2) is 0 Å². The van der Waals surface area contributed by atoms with Crippen LogP contribution in [0.25, 0.3) is 0 Å². The molecule has 0 aromatic heterocycles. The van der Waals surface area contributed by atoms with E-state index in [-0.39, 0.29) is 56.4 Å². The Morgan fingerprint density at radius 3 is 2.00 bits per heavy atom. The normalized spacial score (nSPS) is 12.2. The summed E-state index contributed by atoms with van der Waals surface area (Å²) >= 11 is 5.32. The molecule has 0 unspecified atom stereocenters. The maximum Gasteiger partial charge on any atom is 1.00 e. The summed E-state index contributed by atoms with van der Waals surface area (Å²) in [7, 11) is 0. The maximum absolute atomic E-state index is 12.2. The monoisotopic (exact) mass is 300 g/mol. The van der Waals surface area contributed by atoms with Crippen molar-refractivity contribution in [3.8, 4) is 0 Å². The van der Waals surface area contributed by atoms with Crippen molar-refractivity contribution in [2.24, 2.45) is 0 Å². The molecular weight excluding hydrogens is 295 g/mol. The fourth-order valence-corrected chi connectivity index (χ4v) is 1.46. The molecule has 0 aliphatic carbocycles. The van der Waals surface area contributed by atoms with E-state index in [2.05, 4.69) is 0 Å². The van der Waals surface area contributed by atoms with Crippen molar-refractivity contribution in [2.75, 3.05) is 0 Å². The van der Waals surface area contributed by atoms with Crippen LogP contribution in [0, 0.1) is 0 Å². The van der Waals surface area contributed by atoms with Crippen molar-refractivity contribution in [1.29, 1.82) is 0 Å². The first-order valence-corrected chi connectivity index (χ1v) is 4.53. The summed E-state index contributed by atoms with van der Waals surface area (Å²) < 4.78 is 72.9. The molecule has 1 rings (SSSR count). The average Bonchev–Trinajstić information content (AvgIpc) is 1.97. The Balaban J connectivity index is 0.00000256. The van der Waals surface area contributed by atoms with Crippen LogP contribution >= 0.6 is 11.6 Å². The topological polar surface area (TPSA) is 0 Å². The van der Waals surface area contributed by atoms with Crippen LogP contribution in [-0.4, -0.2) is 6.98 Å². The molecule has 0 radical (unpaired) electrons. The van der Waals surface area contributed by atoms with Crippen molar-refractivity contribution < 1.29 is 77.5 Å². The molecule has 17 heavy (non-hydrogen) atoms. The van der Waals surface area contributed by atoms with Gasteiger partial charge in [0.25, 0.3) is 0 Å². The third-order valence-corrected chi connectivity index (χ3v) is 1.97. The second-order valence-corrected chi connectivity index (χ2v) is 3.70. The Kier molecular flexibility index (Phi) is 6.59. The molecule has 0 amide bonds. The Morgan fingerprint density at radius 1 is 1.06 bits per heavy atom. The molecule has 1 aromatic rings. The number of alkyl halides is 3. The zero-order valence-corrected chi connectivity index (χ0v) is 12.5. The maximum atomic E-state index is 12.2. The molecule has 0 aliphatic heterocycles. The molecule has 0 fully saturated rings. The smallest absolute Gasteiger partial charge is 0.449 e. The van der Waals surface area contributed by atoms with E-state index in [1.165, 1.54) is 0 Å². The summed E-state index contributed by atoms with van der Waals surface area (Å²) in [6, 6.07) is 1.93. The minimum absolute atomic E-state index is 0. The van der Waals surface area contributed by atoms with Crippen molar-refractivity contribution in [3.63, 3.8) is 0 Å². The van der Waals surface area contributed by atoms with E-state index in [9.17, 15) is 26.1 Å². The van der Waals surface area contributed by atoms with Gasteiger partial charge >= 0.3 is 64.5 Å². The van der Waals surface area contributed by atoms with Gasteiger partial charge in [0.2, 0.25) is 0 Å². The van der Waals surface area contributed by atoms with Gasteiger partial charge in [-0.25, -0.2) is 0 Å². The third-order valence-electron chi connectivity index (χ3n) is 1.75. The summed E-state index contributed by atoms with van der Waals surface area (Å²) in [4.78, 5) is 0. The van der Waals surface area contributed by atoms with Gasteiger partial charge in [0.1, 0.15) is 0 Å². The fraction of sp³-hybridized carbons (Fsp3) is 0.250. The van der Waals surface area contributed by atoms with Crippen LogP contribution in [0.15, 0.2) is 18.2 Å². The van der Waals surface area contributed by atoms with E-state index in [1.807, 2.05) is 0 Å². The first-order valence-electron chi connectivity index (χ1n) is 4.15. The largest absolute Gasteiger partial charge is 1.00 e. The number of benzene rings is 1. The van der Waals surface area contributed by atoms with Gasteiger partial charge in [-0.15, -0.1) is 0 Å². The zero-order chi connectivity index (χ0) is 12.6. The van der Waals surface area contributed by atoms with Crippen molar-refractivity contribution in [2.45, 2.75) is 12.5 Å². The minimum atomic E-state index is -5.18. The van der Waals surface area contributed by atoms with Crippen molar-refractivity contribution in [3.05, 3.63) is 34.3 Å². The van der Waals surface area contributed by atoms with Gasteiger partial charge in [0, 0.05) is 5.02 Å². The first-order chi connectivity index (χ1) is 7.08. The molecule has 9 heteroatoms. The molecule has 0 saturated carbocycles. The molecule has 0 N–H and O–H groups in total. The van der Waals surface area contributed by atoms with Crippen molar-refractivity contribution in [1.82, 2.24) is 0 Å². The van der Waals surface area contributed by atoms with Crippen LogP contribution in [0.1, 0.15) is 11.1 Å². The molecule has 0 saturated heterocycles. The number of hydrogen-bond donors (Lipinski definition) is 0. The van der Waals surface area contributed by atoms with Crippen LogP contribution in [0.2, 0.25) is 5.02 Å². The summed E-state index contributed by atoms with van der Waals surface area (Å²) in [6.45, 7) is -5.18. The van der Waals surface area contributed by atoms with Gasteiger partial charge in [-0.2, -0.15) is 13.2 Å². The Morgan fingerprint density at radius 2 is 1.59 bits per heavy atom. The summed E-state index contributed by atoms with van der Waals surface area (Å²) in [5, 5.41) is -0.357. The fourth-order valence-electron chi connectivity index (χ4n) is 1.20. The van der Waals surface area contributed by atoms with Gasteiger partial charge in [-0.05, 0) is 18.2 Å². The zero-order valence-electron chi connectivity index (χ0n) is 8.66. The van der Waals surface area contributed by atoms with E-state index in [4.69, 9.17) is 11.6 Å². The number of rotatable bonds is 2. The van der Waals surface area contributed by atoms with E-state index in [1.54, 1.807) is 0 Å². The van der Waals surface area contributed by atoms with E-state index >= 15 is 0 Å². The number of halogens is 7. The molecule has 0 nitrogen and oxygen atoms in total. The van der Waals surface area contributed by atoms with Crippen LogP contribution in [0.4, 0.5) is 26.1 Å². The van der Waals surface area contributed by atoms with E-state index in [0.717, 1.165) is 6.07 Å². The molecule has 0 spiro atoms. The van der Waals surface area contributed by atoms with Gasteiger partial charge in [0.05, 0.1) is 5.56 Å². The van der Waals surface area contributed by atoms with E-state index in [0.29, 0.717) is 12.1 Å². The molecule has 90 valence electrons. The summed E-state index contributed by atoms with van der Waals surface area (Å²) in [5.41, 5.74) is -1.65. The predicted molar refractivity (Wildman–Crippen MR) is 49.2 cm³/mol. The van der Waals surface area contributed by atoms with Crippen LogP contribution in [0.5, 0.6) is 0 Å². The van der Waals surface area contributed by atoms with Gasteiger partial charge < -0.3 is 12.9 Å². The molecule has 0 aliphatic rings. The molecule has 0 bridgehead atoms. The molecular formula is C8H5BClF6K. The summed E-state index contributed by atoms with van der Waals surface area (Å²) in [5.74, 6) is 0. The molecule has 0 heterocycles. The van der Waals surface area contributed by atoms with E-state index < -0.39 is 30.6 Å². The SMILES string of the molecule is F[B-](F)(F)Cc1cc(Cl)cc(C(F)(F)F)c1.[K+]. The standard InChI is InChI=1S/C8H5BClF6.K/c10-7-2-5(4-9(14,15)16)1-6(3-7)8(11,12)13;/h1-3H,4H2;/q-1;+1. The van der Waals surface area contributed by atoms with Crippen LogP contribution in [0.3, 0.4) is 0 Å². The quantitative estimate of drug-likeness (QED) is 0.570. The predicted octanol–water partition coefficient (Wildman–Crippen LogP) is 1.29. The Bertz CT molecular complexity index is 389. The summed E-state index contributed by atoms with van der Waals surface area (Å²) in [6.07, 6.45) is -6.07. The van der Waals surface area contributed by atoms with Crippen LogP contribution in [-0.2, 0) is 12.5 Å². The minimum Gasteiger partial charge on any atom is -0.449 e. The Labute approximate surface area is 141 Å². The molecule has 0 atom stereocenters. The van der Waals surface area contributed by atoms with Crippen molar-refractivity contribution >= 4 is 18.6 Å². The second-order valence-electron chi connectivity index (χ2n) is 3.26.